The minimum absolute atomic E-state index is 0.130. The van der Waals surface area contributed by atoms with Gasteiger partial charge in [0.25, 0.3) is 0 Å². The molecular formula is C9H12N4O2. The summed E-state index contributed by atoms with van der Waals surface area (Å²) < 4.78 is 7.87. The third-order valence-corrected chi connectivity index (χ3v) is 2.25. The molecule has 2 heterocycles. The van der Waals surface area contributed by atoms with Crippen LogP contribution in [-0.4, -0.2) is 32.6 Å². The van der Waals surface area contributed by atoms with Crippen molar-refractivity contribution >= 4 is 17.0 Å². The van der Waals surface area contributed by atoms with E-state index in [2.05, 4.69) is 14.9 Å². The smallest absolute Gasteiger partial charge is 0.327 e. The van der Waals surface area contributed by atoms with Crippen LogP contribution in [0.15, 0.2) is 6.20 Å². The Bertz CT molecular complexity index is 477. The molecular weight excluding hydrogens is 196 g/mol. The van der Waals surface area contributed by atoms with Crippen molar-refractivity contribution in [1.29, 1.82) is 0 Å². The molecule has 0 aliphatic carbocycles. The molecule has 0 bridgehead atoms. The molecule has 0 N–H and O–H groups in total. The van der Waals surface area contributed by atoms with Crippen molar-refractivity contribution in [3.05, 3.63) is 11.9 Å². The van der Waals surface area contributed by atoms with Crippen molar-refractivity contribution in [2.45, 2.75) is 13.5 Å². The summed E-state index contributed by atoms with van der Waals surface area (Å²) in [6, 6.07) is 0. The molecule has 6 heteroatoms. The van der Waals surface area contributed by atoms with Crippen molar-refractivity contribution in [2.24, 2.45) is 7.05 Å². The Hall–Kier alpha value is -1.85. The highest BCUT2D eigenvalue weighted by atomic mass is 16.5. The third-order valence-electron chi connectivity index (χ3n) is 2.25. The highest BCUT2D eigenvalue weighted by Crippen LogP contribution is 2.14. The fourth-order valence-electron chi connectivity index (χ4n) is 1.51. The molecule has 0 saturated carbocycles. The second-order valence-electron chi connectivity index (χ2n) is 3.35. The zero-order chi connectivity index (χ0) is 11.0. The van der Waals surface area contributed by atoms with Crippen molar-refractivity contribution in [2.75, 3.05) is 7.11 Å². The summed E-state index contributed by atoms with van der Waals surface area (Å²) in [5, 5.41) is 8.47. The third kappa shape index (κ3) is 1.58. The molecule has 0 fully saturated rings. The minimum atomic E-state index is -0.312. The van der Waals surface area contributed by atoms with Gasteiger partial charge in [-0.2, -0.15) is 10.2 Å². The van der Waals surface area contributed by atoms with Crippen LogP contribution in [0.3, 0.4) is 0 Å². The second-order valence-corrected chi connectivity index (χ2v) is 3.35. The highest BCUT2D eigenvalue weighted by Gasteiger charge is 2.11. The van der Waals surface area contributed by atoms with Gasteiger partial charge in [-0.3, -0.25) is 14.2 Å². The zero-order valence-corrected chi connectivity index (χ0v) is 8.89. The van der Waals surface area contributed by atoms with Crippen LogP contribution in [0.4, 0.5) is 0 Å². The monoisotopic (exact) mass is 208 g/mol. The summed E-state index contributed by atoms with van der Waals surface area (Å²) in [5.74, 6) is -0.312. The Balaban J connectivity index is 2.39. The lowest BCUT2D eigenvalue weighted by Gasteiger charge is -1.98. The van der Waals surface area contributed by atoms with E-state index in [1.54, 1.807) is 15.6 Å². The fraction of sp³-hybridized carbons (Fsp3) is 0.444. The van der Waals surface area contributed by atoms with E-state index in [9.17, 15) is 4.79 Å². The molecule has 80 valence electrons. The lowest BCUT2D eigenvalue weighted by molar-refractivity contribution is -0.141. The van der Waals surface area contributed by atoms with Gasteiger partial charge in [0.1, 0.15) is 17.6 Å². The first-order valence-electron chi connectivity index (χ1n) is 4.55. The average Bonchev–Trinajstić information content (AvgIpc) is 2.70. The van der Waals surface area contributed by atoms with Gasteiger partial charge in [0.15, 0.2) is 0 Å². The molecule has 0 unspecified atom stereocenters. The van der Waals surface area contributed by atoms with Gasteiger partial charge in [-0.1, -0.05) is 0 Å². The molecule has 0 amide bonds. The topological polar surface area (TPSA) is 61.9 Å². The Labute approximate surface area is 86.4 Å². The number of ether oxygens (including phenoxy) is 1. The molecule has 2 aromatic heterocycles. The Morgan fingerprint density at radius 1 is 1.53 bits per heavy atom. The van der Waals surface area contributed by atoms with Crippen LogP contribution in [0.2, 0.25) is 0 Å². The van der Waals surface area contributed by atoms with Gasteiger partial charge in [-0.15, -0.1) is 0 Å². The molecule has 0 atom stereocenters. The molecule has 2 aromatic rings. The maximum absolute atomic E-state index is 11.0. The number of hydrogen-bond acceptors (Lipinski definition) is 4. The van der Waals surface area contributed by atoms with Crippen LogP contribution in [-0.2, 0) is 23.1 Å². The van der Waals surface area contributed by atoms with E-state index in [1.807, 2.05) is 14.0 Å². The minimum Gasteiger partial charge on any atom is -0.468 e. The van der Waals surface area contributed by atoms with E-state index in [4.69, 9.17) is 0 Å². The summed E-state index contributed by atoms with van der Waals surface area (Å²) in [7, 11) is 3.21. The molecule has 2 rings (SSSR count). The summed E-state index contributed by atoms with van der Waals surface area (Å²) in [6.45, 7) is 2.02. The average molecular weight is 208 g/mol. The van der Waals surface area contributed by atoms with Crippen LogP contribution in [0, 0.1) is 6.92 Å². The number of esters is 1. The van der Waals surface area contributed by atoms with Gasteiger partial charge in [0.2, 0.25) is 0 Å². The van der Waals surface area contributed by atoms with E-state index < -0.39 is 0 Å². The highest BCUT2D eigenvalue weighted by molar-refractivity contribution is 5.77. The number of hydrogen-bond donors (Lipinski definition) is 0. The predicted molar refractivity (Wildman–Crippen MR) is 53.3 cm³/mol. The first-order chi connectivity index (χ1) is 7.11. The molecule has 0 aromatic carbocycles. The van der Waals surface area contributed by atoms with Crippen LogP contribution >= 0.6 is 0 Å². The van der Waals surface area contributed by atoms with E-state index in [0.29, 0.717) is 0 Å². The Morgan fingerprint density at radius 3 is 2.87 bits per heavy atom. The standard InChI is InChI=1S/C9H12N4O2/c1-6-9-7(12(2)10-6)4-13(11-9)5-8(14)15-3/h4H,5H2,1-3H3. The SMILES string of the molecule is COC(=O)Cn1cc2c(n1)c(C)nn2C. The number of methoxy groups -OCH3 is 1. The number of carbonyl (C=O) groups excluding carboxylic acids is 1. The van der Waals surface area contributed by atoms with Crippen LogP contribution in [0.25, 0.3) is 11.0 Å². The summed E-state index contributed by atoms with van der Waals surface area (Å²) in [4.78, 5) is 11.0. The summed E-state index contributed by atoms with van der Waals surface area (Å²) >= 11 is 0. The van der Waals surface area contributed by atoms with Crippen LogP contribution in [0.5, 0.6) is 0 Å². The zero-order valence-electron chi connectivity index (χ0n) is 8.89. The van der Waals surface area contributed by atoms with E-state index in [0.717, 1.165) is 16.7 Å². The van der Waals surface area contributed by atoms with Crippen LogP contribution in [0.1, 0.15) is 5.69 Å². The quantitative estimate of drug-likeness (QED) is 0.664. The van der Waals surface area contributed by atoms with Gasteiger partial charge in [-0.05, 0) is 6.92 Å². The summed E-state index contributed by atoms with van der Waals surface area (Å²) in [6.07, 6.45) is 1.78. The maximum Gasteiger partial charge on any atom is 0.327 e. The predicted octanol–water partition coefficient (Wildman–Crippen LogP) is 0.251. The normalized spacial score (nSPS) is 10.9. The molecule has 0 saturated heterocycles. The number of aryl methyl sites for hydroxylation is 2. The first kappa shape index (κ1) is 9.70. The largest absolute Gasteiger partial charge is 0.468 e. The first-order valence-corrected chi connectivity index (χ1v) is 4.55. The fourth-order valence-corrected chi connectivity index (χ4v) is 1.51. The van der Waals surface area contributed by atoms with Gasteiger partial charge >= 0.3 is 5.97 Å². The van der Waals surface area contributed by atoms with E-state index in [1.165, 1.54) is 7.11 Å². The molecule has 0 aliphatic heterocycles. The van der Waals surface area contributed by atoms with Gasteiger partial charge in [0, 0.05) is 7.05 Å². The molecule has 15 heavy (non-hydrogen) atoms. The number of nitrogens with zero attached hydrogens (tertiary/aromatic N) is 4. The molecule has 6 nitrogen and oxygen atoms in total. The number of carbonyl (C=O) groups is 1. The van der Waals surface area contributed by atoms with Crippen LogP contribution < -0.4 is 0 Å². The van der Waals surface area contributed by atoms with E-state index >= 15 is 0 Å². The molecule has 0 spiro atoms. The van der Waals surface area contributed by atoms with Crippen molar-refractivity contribution < 1.29 is 9.53 Å². The number of aromatic nitrogens is 4. The van der Waals surface area contributed by atoms with Crippen molar-refractivity contribution in [3.63, 3.8) is 0 Å². The van der Waals surface area contributed by atoms with Crippen molar-refractivity contribution in [3.8, 4) is 0 Å². The molecule has 0 aliphatic rings. The van der Waals surface area contributed by atoms with Gasteiger partial charge in [-0.25, -0.2) is 0 Å². The van der Waals surface area contributed by atoms with Gasteiger partial charge in [0.05, 0.1) is 19.0 Å². The second kappa shape index (κ2) is 3.38. The maximum atomic E-state index is 11.0. The number of fused-ring (bicyclic) bond motifs is 1. The molecule has 0 radical (unpaired) electrons. The van der Waals surface area contributed by atoms with Crippen molar-refractivity contribution in [1.82, 2.24) is 19.6 Å². The summed E-state index contributed by atoms with van der Waals surface area (Å²) in [5.41, 5.74) is 2.59. The lowest BCUT2D eigenvalue weighted by atomic mass is 10.4. The Kier molecular flexibility index (Phi) is 2.18. The lowest BCUT2D eigenvalue weighted by Crippen LogP contribution is -2.11. The Morgan fingerprint density at radius 2 is 2.27 bits per heavy atom. The number of rotatable bonds is 2. The van der Waals surface area contributed by atoms with Gasteiger partial charge < -0.3 is 4.74 Å². The van der Waals surface area contributed by atoms with E-state index in [-0.39, 0.29) is 12.5 Å².